The number of primary amides is 1. The maximum absolute atomic E-state index is 12.7. The van der Waals surface area contributed by atoms with E-state index in [4.69, 9.17) is 10.5 Å². The van der Waals surface area contributed by atoms with Crippen LogP contribution in [0.5, 0.6) is 5.88 Å². The summed E-state index contributed by atoms with van der Waals surface area (Å²) in [5.41, 5.74) is 7.76. The number of benzene rings is 1. The summed E-state index contributed by atoms with van der Waals surface area (Å²) in [5.74, 6) is -0.450. The summed E-state index contributed by atoms with van der Waals surface area (Å²) in [6.45, 7) is 3.45. The average Bonchev–Trinajstić information content (AvgIpc) is 3.24. The zero-order valence-corrected chi connectivity index (χ0v) is 16.5. The van der Waals surface area contributed by atoms with Crippen LogP contribution in [0.15, 0.2) is 66.1 Å². The van der Waals surface area contributed by atoms with Gasteiger partial charge in [-0.15, -0.1) is 0 Å². The van der Waals surface area contributed by atoms with Crippen LogP contribution >= 0.6 is 0 Å². The molecular formula is C22H21N5O3. The number of pyridine rings is 2. The van der Waals surface area contributed by atoms with Crippen LogP contribution < -0.4 is 15.9 Å². The lowest BCUT2D eigenvalue weighted by Gasteiger charge is -2.13. The van der Waals surface area contributed by atoms with Crippen molar-refractivity contribution in [2.75, 3.05) is 6.61 Å². The number of hydrogen-bond acceptors (Lipinski definition) is 5. The number of carbonyl (C=O) groups is 1. The smallest absolute Gasteiger partial charge is 0.254 e. The van der Waals surface area contributed by atoms with Crippen molar-refractivity contribution in [2.45, 2.75) is 20.0 Å². The standard InChI is InChI=1S/C22H21N5O3/c1-2-30-19-8-7-18-20(25-19)21(28)17(22(23)29)13-27(18)12-16-5-3-15(4-6-16)11-26-10-9-24-14-26/h3-10,13-14H,2,11-12H2,1H3,(H2,23,29). The number of rotatable bonds is 7. The van der Waals surface area contributed by atoms with Crippen molar-refractivity contribution in [3.05, 3.63) is 88.2 Å². The molecule has 152 valence electrons. The van der Waals surface area contributed by atoms with E-state index in [1.165, 1.54) is 6.20 Å². The molecule has 0 unspecified atom stereocenters. The van der Waals surface area contributed by atoms with E-state index in [-0.39, 0.29) is 11.1 Å². The van der Waals surface area contributed by atoms with Gasteiger partial charge in [-0.3, -0.25) is 9.59 Å². The van der Waals surface area contributed by atoms with Crippen molar-refractivity contribution in [3.8, 4) is 5.88 Å². The molecule has 0 fully saturated rings. The maximum atomic E-state index is 12.7. The third-order valence-electron chi connectivity index (χ3n) is 4.76. The van der Waals surface area contributed by atoms with Gasteiger partial charge in [0.2, 0.25) is 11.3 Å². The summed E-state index contributed by atoms with van der Waals surface area (Å²) in [5, 5.41) is 0. The molecule has 3 aromatic heterocycles. The number of nitrogens with zero attached hydrogens (tertiary/aromatic N) is 4. The molecule has 8 nitrogen and oxygen atoms in total. The fourth-order valence-corrected chi connectivity index (χ4v) is 3.32. The van der Waals surface area contributed by atoms with E-state index < -0.39 is 11.3 Å². The first-order chi connectivity index (χ1) is 14.5. The van der Waals surface area contributed by atoms with Crippen LogP contribution in [0.2, 0.25) is 0 Å². The summed E-state index contributed by atoms with van der Waals surface area (Å²) in [7, 11) is 0. The van der Waals surface area contributed by atoms with Crippen LogP contribution in [0.1, 0.15) is 28.4 Å². The van der Waals surface area contributed by atoms with Gasteiger partial charge in [-0.05, 0) is 24.1 Å². The molecule has 1 amide bonds. The van der Waals surface area contributed by atoms with Gasteiger partial charge >= 0.3 is 0 Å². The van der Waals surface area contributed by atoms with Gasteiger partial charge in [0, 0.05) is 37.7 Å². The number of carbonyl (C=O) groups excluding carboxylic acids is 1. The maximum Gasteiger partial charge on any atom is 0.254 e. The third-order valence-corrected chi connectivity index (χ3v) is 4.76. The largest absolute Gasteiger partial charge is 0.478 e. The minimum Gasteiger partial charge on any atom is -0.478 e. The molecular weight excluding hydrogens is 382 g/mol. The Bertz CT molecular complexity index is 1240. The Morgan fingerprint density at radius 1 is 1.10 bits per heavy atom. The lowest BCUT2D eigenvalue weighted by Crippen LogP contribution is -2.25. The van der Waals surface area contributed by atoms with Crippen molar-refractivity contribution in [2.24, 2.45) is 5.73 Å². The lowest BCUT2D eigenvalue weighted by atomic mass is 10.1. The van der Waals surface area contributed by atoms with Gasteiger partial charge in [-0.25, -0.2) is 9.97 Å². The molecule has 1 aromatic carbocycles. The van der Waals surface area contributed by atoms with Gasteiger partial charge in [0.15, 0.2) is 0 Å². The van der Waals surface area contributed by atoms with E-state index in [0.29, 0.717) is 24.5 Å². The molecule has 0 saturated carbocycles. The van der Waals surface area contributed by atoms with Crippen LogP contribution in [0.25, 0.3) is 11.0 Å². The number of ether oxygens (including phenoxy) is 1. The van der Waals surface area contributed by atoms with Crippen LogP contribution in [-0.4, -0.2) is 31.6 Å². The van der Waals surface area contributed by atoms with Crippen molar-refractivity contribution in [3.63, 3.8) is 0 Å². The second-order valence-electron chi connectivity index (χ2n) is 6.87. The van der Waals surface area contributed by atoms with Crippen LogP contribution in [0.3, 0.4) is 0 Å². The number of nitrogens with two attached hydrogens (primary N) is 1. The summed E-state index contributed by atoms with van der Waals surface area (Å²) < 4.78 is 9.20. The fourth-order valence-electron chi connectivity index (χ4n) is 3.32. The molecule has 0 aliphatic rings. The Morgan fingerprint density at radius 3 is 2.47 bits per heavy atom. The number of imidazole rings is 1. The molecule has 0 spiro atoms. The number of amides is 1. The summed E-state index contributed by atoms with van der Waals surface area (Å²) >= 11 is 0. The predicted molar refractivity (Wildman–Crippen MR) is 113 cm³/mol. The second-order valence-corrected chi connectivity index (χ2v) is 6.87. The van der Waals surface area contributed by atoms with Gasteiger partial charge in [0.05, 0.1) is 18.5 Å². The first-order valence-electron chi connectivity index (χ1n) is 9.55. The van der Waals surface area contributed by atoms with E-state index in [1.54, 1.807) is 24.7 Å². The minimum absolute atomic E-state index is 0.0969. The van der Waals surface area contributed by atoms with Crippen molar-refractivity contribution < 1.29 is 9.53 Å². The Balaban J connectivity index is 1.70. The zero-order valence-electron chi connectivity index (χ0n) is 16.5. The Morgan fingerprint density at radius 2 is 1.83 bits per heavy atom. The molecule has 0 atom stereocenters. The topological polar surface area (TPSA) is 105 Å². The van der Waals surface area contributed by atoms with Gasteiger partial charge in [-0.1, -0.05) is 24.3 Å². The van der Waals surface area contributed by atoms with Crippen LogP contribution in [-0.2, 0) is 13.1 Å². The molecule has 0 radical (unpaired) electrons. The number of hydrogen-bond donors (Lipinski definition) is 1. The van der Waals surface area contributed by atoms with Crippen LogP contribution in [0, 0.1) is 0 Å². The molecule has 4 aromatic rings. The monoisotopic (exact) mass is 403 g/mol. The number of aromatic nitrogens is 4. The van der Waals surface area contributed by atoms with E-state index >= 15 is 0 Å². The molecule has 0 bridgehead atoms. The molecule has 2 N–H and O–H groups in total. The summed E-state index contributed by atoms with van der Waals surface area (Å²) in [4.78, 5) is 32.8. The quantitative estimate of drug-likeness (QED) is 0.509. The van der Waals surface area contributed by atoms with E-state index in [1.807, 2.05) is 46.5 Å². The Hall–Kier alpha value is -3.94. The Kier molecular flexibility index (Phi) is 5.30. The zero-order chi connectivity index (χ0) is 21.1. The van der Waals surface area contributed by atoms with Gasteiger partial charge in [-0.2, -0.15) is 0 Å². The SMILES string of the molecule is CCOc1ccc2c(n1)c(=O)c(C(N)=O)cn2Cc1ccc(Cn2ccnc2)cc1. The molecule has 0 saturated heterocycles. The summed E-state index contributed by atoms with van der Waals surface area (Å²) in [6, 6.07) is 11.6. The van der Waals surface area contributed by atoms with E-state index in [9.17, 15) is 9.59 Å². The average molecular weight is 403 g/mol. The molecule has 0 aliphatic heterocycles. The van der Waals surface area contributed by atoms with Crippen molar-refractivity contribution >= 4 is 16.9 Å². The Labute approximate surface area is 172 Å². The highest BCUT2D eigenvalue weighted by Gasteiger charge is 2.15. The molecule has 0 aliphatic carbocycles. The summed E-state index contributed by atoms with van der Waals surface area (Å²) in [6.07, 6.45) is 6.93. The van der Waals surface area contributed by atoms with Crippen LogP contribution in [0.4, 0.5) is 0 Å². The first-order valence-corrected chi connectivity index (χ1v) is 9.55. The molecule has 4 rings (SSSR count). The van der Waals surface area contributed by atoms with Gasteiger partial charge in [0.25, 0.3) is 5.91 Å². The van der Waals surface area contributed by atoms with Crippen molar-refractivity contribution in [1.29, 1.82) is 0 Å². The first kappa shape index (κ1) is 19.4. The lowest BCUT2D eigenvalue weighted by molar-refractivity contribution is 0.0998. The van der Waals surface area contributed by atoms with E-state index in [0.717, 1.165) is 17.7 Å². The van der Waals surface area contributed by atoms with E-state index in [2.05, 4.69) is 9.97 Å². The molecule has 8 heteroatoms. The highest BCUT2D eigenvalue weighted by molar-refractivity contribution is 5.95. The highest BCUT2D eigenvalue weighted by atomic mass is 16.5. The molecule has 30 heavy (non-hydrogen) atoms. The normalized spacial score (nSPS) is 11.0. The second kappa shape index (κ2) is 8.20. The number of fused-ring (bicyclic) bond motifs is 1. The van der Waals surface area contributed by atoms with Gasteiger partial charge < -0.3 is 19.6 Å². The predicted octanol–water partition coefficient (Wildman–Crippen LogP) is 2.19. The third kappa shape index (κ3) is 3.93. The highest BCUT2D eigenvalue weighted by Crippen LogP contribution is 2.17. The van der Waals surface area contributed by atoms with Crippen molar-refractivity contribution in [1.82, 2.24) is 19.1 Å². The molecule has 3 heterocycles. The minimum atomic E-state index is -0.782. The van der Waals surface area contributed by atoms with Gasteiger partial charge in [0.1, 0.15) is 11.1 Å². The fraction of sp³-hybridized carbons (Fsp3) is 0.182.